The third-order valence-corrected chi connectivity index (χ3v) is 7.29. The van der Waals surface area contributed by atoms with Crippen LogP contribution < -0.4 is 11.1 Å². The summed E-state index contributed by atoms with van der Waals surface area (Å²) >= 11 is 1.06. The van der Waals surface area contributed by atoms with E-state index in [9.17, 15) is 23.9 Å². The fourth-order valence-electron chi connectivity index (χ4n) is 4.82. The lowest BCUT2D eigenvalue weighted by Gasteiger charge is -2.42. The largest absolute Gasteiger partial charge is 0.493 e. The van der Waals surface area contributed by atoms with Gasteiger partial charge in [0, 0.05) is 43.7 Å². The first kappa shape index (κ1) is 22.4. The second-order valence-electron chi connectivity index (χ2n) is 8.76. The summed E-state index contributed by atoms with van der Waals surface area (Å²) in [6.45, 7) is 1.74. The smallest absolute Gasteiger partial charge is 0.258 e. The number of piperidine rings is 1. The van der Waals surface area contributed by atoms with Crippen LogP contribution in [0.15, 0.2) is 57.2 Å². The maximum absolute atomic E-state index is 13.1. The van der Waals surface area contributed by atoms with Crippen molar-refractivity contribution in [2.24, 2.45) is 5.92 Å². The zero-order valence-corrected chi connectivity index (χ0v) is 19.1. The van der Waals surface area contributed by atoms with Crippen LogP contribution in [0.4, 0.5) is 4.39 Å². The molecule has 3 aromatic rings. The number of rotatable bonds is 5. The molecule has 1 amide bonds. The molecule has 2 atom stereocenters. The SMILES string of the molecule is O=C(CSc1nc(O)c(Cc2ccc(F)cc2)c(=O)[nH]1)N1C[C@@H]2C[C@@H](C1)c1cccc(=O)n1C2. The number of likely N-dealkylation sites (tertiary alicyclic amines) is 1. The predicted molar refractivity (Wildman–Crippen MR) is 125 cm³/mol. The number of fused-ring (bicyclic) bond motifs is 4. The van der Waals surface area contributed by atoms with Gasteiger partial charge in [0.1, 0.15) is 5.82 Å². The van der Waals surface area contributed by atoms with Crippen LogP contribution in [0, 0.1) is 11.7 Å². The number of amides is 1. The Labute approximate surface area is 198 Å². The zero-order chi connectivity index (χ0) is 23.8. The number of nitrogens with zero attached hydrogens (tertiary/aromatic N) is 3. The molecule has 5 rings (SSSR count). The Balaban J connectivity index is 1.24. The highest BCUT2D eigenvalue weighted by molar-refractivity contribution is 7.99. The number of thioether (sulfide) groups is 1. The van der Waals surface area contributed by atoms with E-state index < -0.39 is 11.4 Å². The van der Waals surface area contributed by atoms with E-state index in [1.54, 1.807) is 12.1 Å². The van der Waals surface area contributed by atoms with Gasteiger partial charge < -0.3 is 19.6 Å². The number of halogens is 1. The fraction of sp³-hybridized carbons (Fsp3) is 0.333. The number of aromatic amines is 1. The van der Waals surface area contributed by atoms with Crippen molar-refractivity contribution in [2.45, 2.75) is 30.5 Å². The normalized spacial score (nSPS) is 19.0. The van der Waals surface area contributed by atoms with E-state index in [1.807, 2.05) is 15.5 Å². The van der Waals surface area contributed by atoms with Gasteiger partial charge in [-0.1, -0.05) is 30.0 Å². The van der Waals surface area contributed by atoms with Crippen molar-refractivity contribution in [3.63, 3.8) is 0 Å². The maximum atomic E-state index is 13.1. The maximum Gasteiger partial charge on any atom is 0.258 e. The third-order valence-electron chi connectivity index (χ3n) is 6.43. The first-order valence-electron chi connectivity index (χ1n) is 11.0. The van der Waals surface area contributed by atoms with Crippen molar-refractivity contribution >= 4 is 17.7 Å². The zero-order valence-electron chi connectivity index (χ0n) is 18.2. The molecule has 1 saturated heterocycles. The van der Waals surface area contributed by atoms with Gasteiger partial charge >= 0.3 is 0 Å². The van der Waals surface area contributed by atoms with Crippen molar-refractivity contribution in [3.8, 4) is 5.88 Å². The van der Waals surface area contributed by atoms with E-state index in [4.69, 9.17) is 0 Å². The molecule has 2 aromatic heterocycles. The molecule has 34 heavy (non-hydrogen) atoms. The average Bonchev–Trinajstić information content (AvgIpc) is 2.81. The van der Waals surface area contributed by atoms with Crippen LogP contribution in [0.25, 0.3) is 0 Å². The van der Waals surface area contributed by atoms with Crippen molar-refractivity contribution in [1.29, 1.82) is 0 Å². The Hall–Kier alpha value is -3.40. The standard InChI is InChI=1S/C24H23FN4O4S/c25-17-6-4-14(5-7-17)9-18-22(32)26-24(27-23(18)33)34-13-21(31)28-10-15-8-16(12-28)19-2-1-3-20(30)29(19)11-15/h1-7,15-16H,8-13H2,(H2,26,27,32,33)/t15-,16-/m0/s1. The molecule has 1 fully saturated rings. The first-order valence-corrected chi connectivity index (χ1v) is 12.0. The molecule has 0 aliphatic carbocycles. The quantitative estimate of drug-likeness (QED) is 0.426. The molecule has 4 heterocycles. The molecule has 2 aliphatic heterocycles. The Morgan fingerprint density at radius 3 is 2.71 bits per heavy atom. The number of carbonyl (C=O) groups excluding carboxylic acids is 1. The number of H-pyrrole nitrogens is 1. The number of aromatic nitrogens is 3. The minimum atomic E-state index is -0.499. The molecule has 2 aliphatic rings. The van der Waals surface area contributed by atoms with E-state index >= 15 is 0 Å². The number of aromatic hydroxyl groups is 1. The van der Waals surface area contributed by atoms with Gasteiger partial charge in [-0.15, -0.1) is 0 Å². The van der Waals surface area contributed by atoms with E-state index in [1.165, 1.54) is 24.3 Å². The Morgan fingerprint density at radius 1 is 1.15 bits per heavy atom. The molecule has 0 saturated carbocycles. The van der Waals surface area contributed by atoms with Crippen LogP contribution in [-0.4, -0.2) is 49.3 Å². The first-order chi connectivity index (χ1) is 16.4. The fourth-order valence-corrected chi connectivity index (χ4v) is 5.58. The van der Waals surface area contributed by atoms with Gasteiger partial charge in [-0.05, 0) is 36.1 Å². The highest BCUT2D eigenvalue weighted by atomic mass is 32.2. The lowest BCUT2D eigenvalue weighted by atomic mass is 9.83. The highest BCUT2D eigenvalue weighted by Gasteiger charge is 2.36. The van der Waals surface area contributed by atoms with Crippen LogP contribution in [0.5, 0.6) is 5.88 Å². The summed E-state index contributed by atoms with van der Waals surface area (Å²) < 4.78 is 14.9. The highest BCUT2D eigenvalue weighted by Crippen LogP contribution is 2.35. The summed E-state index contributed by atoms with van der Waals surface area (Å²) in [5.74, 6) is -0.440. The van der Waals surface area contributed by atoms with E-state index in [2.05, 4.69) is 9.97 Å². The van der Waals surface area contributed by atoms with Crippen LogP contribution >= 0.6 is 11.8 Å². The molecule has 8 nitrogen and oxygen atoms in total. The van der Waals surface area contributed by atoms with Gasteiger partial charge in [0.05, 0.1) is 11.3 Å². The van der Waals surface area contributed by atoms with Crippen molar-refractivity contribution in [1.82, 2.24) is 19.4 Å². The minimum absolute atomic E-state index is 0.000225. The summed E-state index contributed by atoms with van der Waals surface area (Å²) in [6.07, 6.45) is 1.07. The van der Waals surface area contributed by atoms with Crippen LogP contribution in [0.2, 0.25) is 0 Å². The third kappa shape index (κ3) is 4.50. The van der Waals surface area contributed by atoms with Crippen LogP contribution in [0.3, 0.4) is 0 Å². The average molecular weight is 483 g/mol. The summed E-state index contributed by atoms with van der Waals surface area (Å²) in [5, 5.41) is 10.4. The van der Waals surface area contributed by atoms with Gasteiger partial charge in [-0.2, -0.15) is 4.98 Å². The molecule has 176 valence electrons. The van der Waals surface area contributed by atoms with Gasteiger partial charge in [-0.3, -0.25) is 14.4 Å². The number of benzene rings is 1. The van der Waals surface area contributed by atoms with Gasteiger partial charge in [0.25, 0.3) is 11.1 Å². The molecule has 1 aromatic carbocycles. The van der Waals surface area contributed by atoms with E-state index in [0.29, 0.717) is 25.2 Å². The lowest BCUT2D eigenvalue weighted by molar-refractivity contribution is -0.131. The summed E-state index contributed by atoms with van der Waals surface area (Å²) in [7, 11) is 0. The van der Waals surface area contributed by atoms with Gasteiger partial charge in [0.15, 0.2) is 5.16 Å². The predicted octanol–water partition coefficient (Wildman–Crippen LogP) is 2.11. The van der Waals surface area contributed by atoms with Crippen molar-refractivity contribution in [3.05, 3.63) is 85.8 Å². The molecule has 2 N–H and O–H groups in total. The van der Waals surface area contributed by atoms with Crippen molar-refractivity contribution in [2.75, 3.05) is 18.8 Å². The second-order valence-corrected chi connectivity index (χ2v) is 9.73. The number of pyridine rings is 1. The molecule has 0 radical (unpaired) electrons. The Bertz CT molecular complexity index is 1350. The Morgan fingerprint density at radius 2 is 1.94 bits per heavy atom. The molecule has 2 bridgehead atoms. The van der Waals surface area contributed by atoms with Crippen molar-refractivity contribution < 1.29 is 14.3 Å². The summed E-state index contributed by atoms with van der Waals surface area (Å²) in [4.78, 5) is 46.0. The van der Waals surface area contributed by atoms with E-state index in [0.717, 1.165) is 23.9 Å². The molecule has 0 unspecified atom stereocenters. The number of carbonyl (C=O) groups is 1. The van der Waals surface area contributed by atoms with Crippen LogP contribution in [-0.2, 0) is 17.8 Å². The number of hydrogen-bond acceptors (Lipinski definition) is 6. The number of nitrogens with one attached hydrogen (secondary N) is 1. The lowest BCUT2D eigenvalue weighted by Crippen LogP contribution is -2.49. The molecular weight excluding hydrogens is 459 g/mol. The van der Waals surface area contributed by atoms with Gasteiger partial charge in [-0.25, -0.2) is 4.39 Å². The molecule has 0 spiro atoms. The topological polar surface area (TPSA) is 108 Å². The minimum Gasteiger partial charge on any atom is -0.493 e. The van der Waals surface area contributed by atoms with Gasteiger partial charge in [0.2, 0.25) is 11.8 Å². The summed E-state index contributed by atoms with van der Waals surface area (Å²) in [5.41, 5.74) is 1.22. The van der Waals surface area contributed by atoms with Crippen LogP contribution in [0.1, 0.15) is 29.2 Å². The molecular formula is C24H23FN4O4S. The van der Waals surface area contributed by atoms with E-state index in [-0.39, 0.29) is 52.0 Å². The molecule has 10 heteroatoms. The second kappa shape index (κ2) is 9.09. The summed E-state index contributed by atoms with van der Waals surface area (Å²) in [6, 6.07) is 10.9. The number of hydrogen-bond donors (Lipinski definition) is 2. The monoisotopic (exact) mass is 482 g/mol. The Kier molecular flexibility index (Phi) is 5.99.